The Bertz CT molecular complexity index is 1250. The first kappa shape index (κ1) is 28.0. The third kappa shape index (κ3) is 7.73. The van der Waals surface area contributed by atoms with E-state index in [-0.39, 0.29) is 18.4 Å². The molecular weight excluding hydrogens is 488 g/mol. The van der Waals surface area contributed by atoms with Gasteiger partial charge in [0.25, 0.3) is 11.8 Å². The van der Waals surface area contributed by atoms with Gasteiger partial charge in [0.2, 0.25) is 5.75 Å². The van der Waals surface area contributed by atoms with Crippen LogP contribution in [0.1, 0.15) is 54.0 Å². The molecule has 0 spiro atoms. The highest BCUT2D eigenvalue weighted by Crippen LogP contribution is 2.39. The predicted molar refractivity (Wildman–Crippen MR) is 143 cm³/mol. The topological polar surface area (TPSA) is 112 Å². The summed E-state index contributed by atoms with van der Waals surface area (Å²) in [7, 11) is 0. The van der Waals surface area contributed by atoms with E-state index in [0.29, 0.717) is 59.6 Å². The number of esters is 1. The zero-order valence-electron chi connectivity index (χ0n) is 22.0. The van der Waals surface area contributed by atoms with Crippen molar-refractivity contribution in [3.63, 3.8) is 0 Å². The fourth-order valence-corrected chi connectivity index (χ4v) is 3.58. The SMILES string of the molecule is CCOc1cc(C(=O)Nc2ccc(CNC(=O)c3cccc(OC(C)=O)c3)cc2)cc(OCC)c1OCC. The Morgan fingerprint density at radius 1 is 0.737 bits per heavy atom. The van der Waals surface area contributed by atoms with Crippen molar-refractivity contribution in [2.45, 2.75) is 34.2 Å². The average molecular weight is 521 g/mol. The molecule has 3 aromatic rings. The number of carbonyl (C=O) groups is 3. The molecule has 0 bridgehead atoms. The number of hydrogen-bond acceptors (Lipinski definition) is 7. The van der Waals surface area contributed by atoms with Crippen molar-refractivity contribution < 1.29 is 33.3 Å². The largest absolute Gasteiger partial charge is 0.490 e. The Morgan fingerprint density at radius 3 is 1.95 bits per heavy atom. The van der Waals surface area contributed by atoms with Gasteiger partial charge in [-0.2, -0.15) is 0 Å². The lowest BCUT2D eigenvalue weighted by atomic mass is 10.1. The second kappa shape index (κ2) is 13.7. The van der Waals surface area contributed by atoms with E-state index in [4.69, 9.17) is 18.9 Å². The Labute approximate surface area is 222 Å². The molecule has 38 heavy (non-hydrogen) atoms. The molecule has 0 saturated carbocycles. The van der Waals surface area contributed by atoms with Crippen LogP contribution in [0.15, 0.2) is 60.7 Å². The molecule has 200 valence electrons. The number of rotatable bonds is 12. The standard InChI is InChI=1S/C29H32N2O7/c1-5-35-25-16-22(17-26(36-6-2)27(25)37-7-3)29(34)31-23-13-11-20(12-14-23)18-30-28(33)21-9-8-10-24(15-21)38-19(4)32/h8-17H,5-7,18H2,1-4H3,(H,30,33)(H,31,34). The molecule has 2 amide bonds. The molecule has 0 unspecified atom stereocenters. The average Bonchev–Trinajstić information content (AvgIpc) is 2.89. The van der Waals surface area contributed by atoms with E-state index in [0.717, 1.165) is 5.56 Å². The van der Waals surface area contributed by atoms with Crippen LogP contribution >= 0.6 is 0 Å². The Hall–Kier alpha value is -4.53. The number of anilines is 1. The van der Waals surface area contributed by atoms with Gasteiger partial charge in [0.1, 0.15) is 5.75 Å². The first-order valence-corrected chi connectivity index (χ1v) is 12.4. The molecule has 3 aromatic carbocycles. The second-order valence-corrected chi connectivity index (χ2v) is 8.06. The van der Waals surface area contributed by atoms with Crippen LogP contribution in [0.3, 0.4) is 0 Å². The Balaban J connectivity index is 1.65. The van der Waals surface area contributed by atoms with Crippen LogP contribution in [0, 0.1) is 0 Å². The van der Waals surface area contributed by atoms with Gasteiger partial charge >= 0.3 is 5.97 Å². The van der Waals surface area contributed by atoms with Gasteiger partial charge < -0.3 is 29.6 Å². The third-order valence-electron chi connectivity index (χ3n) is 5.19. The summed E-state index contributed by atoms with van der Waals surface area (Å²) in [6.07, 6.45) is 0. The zero-order chi connectivity index (χ0) is 27.5. The third-order valence-corrected chi connectivity index (χ3v) is 5.19. The zero-order valence-corrected chi connectivity index (χ0v) is 22.0. The van der Waals surface area contributed by atoms with Gasteiger partial charge in [0.05, 0.1) is 19.8 Å². The van der Waals surface area contributed by atoms with E-state index < -0.39 is 5.97 Å². The van der Waals surface area contributed by atoms with E-state index in [1.807, 2.05) is 20.8 Å². The summed E-state index contributed by atoms with van der Waals surface area (Å²) >= 11 is 0. The highest BCUT2D eigenvalue weighted by atomic mass is 16.5. The smallest absolute Gasteiger partial charge is 0.308 e. The molecule has 0 aromatic heterocycles. The lowest BCUT2D eigenvalue weighted by Gasteiger charge is -2.17. The minimum absolute atomic E-state index is 0.277. The summed E-state index contributed by atoms with van der Waals surface area (Å²) < 4.78 is 22.1. The van der Waals surface area contributed by atoms with Crippen molar-refractivity contribution in [2.75, 3.05) is 25.1 Å². The van der Waals surface area contributed by atoms with Crippen molar-refractivity contribution >= 4 is 23.5 Å². The van der Waals surface area contributed by atoms with Gasteiger partial charge in [-0.1, -0.05) is 18.2 Å². The van der Waals surface area contributed by atoms with E-state index >= 15 is 0 Å². The van der Waals surface area contributed by atoms with Crippen molar-refractivity contribution in [3.8, 4) is 23.0 Å². The van der Waals surface area contributed by atoms with E-state index in [9.17, 15) is 14.4 Å². The quantitative estimate of drug-likeness (QED) is 0.256. The van der Waals surface area contributed by atoms with Gasteiger partial charge in [-0.25, -0.2) is 0 Å². The Kier molecular flexibility index (Phi) is 10.1. The maximum Gasteiger partial charge on any atom is 0.308 e. The number of ether oxygens (including phenoxy) is 4. The predicted octanol–water partition coefficient (Wildman–Crippen LogP) is 4.99. The van der Waals surface area contributed by atoms with Crippen LogP contribution < -0.4 is 29.6 Å². The van der Waals surface area contributed by atoms with E-state index in [1.165, 1.54) is 13.0 Å². The molecule has 2 N–H and O–H groups in total. The molecule has 9 heteroatoms. The monoisotopic (exact) mass is 520 g/mol. The number of carbonyl (C=O) groups excluding carboxylic acids is 3. The summed E-state index contributed by atoms with van der Waals surface area (Å²) in [4.78, 5) is 36.6. The molecule has 0 fully saturated rings. The number of benzene rings is 3. The highest BCUT2D eigenvalue weighted by Gasteiger charge is 2.18. The fraction of sp³-hybridized carbons (Fsp3) is 0.276. The van der Waals surface area contributed by atoms with Crippen LogP contribution in [0.2, 0.25) is 0 Å². The second-order valence-electron chi connectivity index (χ2n) is 8.06. The molecule has 0 heterocycles. The minimum atomic E-state index is -0.457. The number of hydrogen-bond donors (Lipinski definition) is 2. The summed E-state index contributed by atoms with van der Waals surface area (Å²) in [5.41, 5.74) is 2.17. The molecule has 3 rings (SSSR count). The maximum absolute atomic E-state index is 13.0. The Morgan fingerprint density at radius 2 is 1.37 bits per heavy atom. The highest BCUT2D eigenvalue weighted by molar-refractivity contribution is 6.05. The fourth-order valence-electron chi connectivity index (χ4n) is 3.58. The van der Waals surface area contributed by atoms with Crippen LogP contribution in [-0.4, -0.2) is 37.6 Å². The molecule has 0 aliphatic rings. The van der Waals surface area contributed by atoms with Gasteiger partial charge in [-0.05, 0) is 68.8 Å². The summed E-state index contributed by atoms with van der Waals surface area (Å²) in [5.74, 6) is 0.564. The van der Waals surface area contributed by atoms with Crippen molar-refractivity contribution in [2.24, 2.45) is 0 Å². The van der Waals surface area contributed by atoms with Gasteiger partial charge in [0.15, 0.2) is 11.5 Å². The van der Waals surface area contributed by atoms with Crippen LogP contribution in [0.4, 0.5) is 5.69 Å². The summed E-state index contributed by atoms with van der Waals surface area (Å²) in [6, 6.07) is 16.8. The van der Waals surface area contributed by atoms with Crippen LogP contribution in [-0.2, 0) is 11.3 Å². The van der Waals surface area contributed by atoms with E-state index in [1.54, 1.807) is 54.6 Å². The molecule has 0 aliphatic carbocycles. The van der Waals surface area contributed by atoms with Gasteiger partial charge in [0, 0.05) is 30.3 Å². The van der Waals surface area contributed by atoms with Crippen molar-refractivity contribution in [3.05, 3.63) is 77.4 Å². The molecule has 0 radical (unpaired) electrons. The lowest BCUT2D eigenvalue weighted by molar-refractivity contribution is -0.131. The van der Waals surface area contributed by atoms with Crippen LogP contribution in [0.25, 0.3) is 0 Å². The summed E-state index contributed by atoms with van der Waals surface area (Å²) in [6.45, 7) is 8.40. The van der Waals surface area contributed by atoms with Crippen LogP contribution in [0.5, 0.6) is 23.0 Å². The normalized spacial score (nSPS) is 10.3. The molecule has 0 atom stereocenters. The van der Waals surface area contributed by atoms with Gasteiger partial charge in [-0.15, -0.1) is 0 Å². The first-order chi connectivity index (χ1) is 18.3. The lowest BCUT2D eigenvalue weighted by Crippen LogP contribution is -2.22. The maximum atomic E-state index is 13.0. The first-order valence-electron chi connectivity index (χ1n) is 12.4. The molecule has 0 saturated heterocycles. The van der Waals surface area contributed by atoms with E-state index in [2.05, 4.69) is 10.6 Å². The molecular formula is C29H32N2O7. The van der Waals surface area contributed by atoms with Crippen molar-refractivity contribution in [1.29, 1.82) is 0 Å². The summed E-state index contributed by atoms with van der Waals surface area (Å²) in [5, 5.41) is 5.70. The number of amides is 2. The van der Waals surface area contributed by atoms with Gasteiger partial charge in [-0.3, -0.25) is 14.4 Å². The van der Waals surface area contributed by atoms with Crippen molar-refractivity contribution in [1.82, 2.24) is 5.32 Å². The minimum Gasteiger partial charge on any atom is -0.490 e. The molecule has 0 aliphatic heterocycles. The molecule has 9 nitrogen and oxygen atoms in total. The number of nitrogens with one attached hydrogen (secondary N) is 2.